The van der Waals surface area contributed by atoms with Crippen molar-refractivity contribution in [1.29, 1.82) is 0 Å². The average molecular weight is 333 g/mol. The molecule has 1 fully saturated rings. The van der Waals surface area contributed by atoms with E-state index in [1.54, 1.807) is 17.7 Å². The van der Waals surface area contributed by atoms with Crippen molar-refractivity contribution in [3.8, 4) is 0 Å². The summed E-state index contributed by atoms with van der Waals surface area (Å²) in [5, 5.41) is 4.02. The summed E-state index contributed by atoms with van der Waals surface area (Å²) < 4.78 is 0. The van der Waals surface area contributed by atoms with E-state index in [4.69, 9.17) is 0 Å². The molecule has 124 valence electrons. The first-order valence-electron chi connectivity index (χ1n) is 8.12. The predicted molar refractivity (Wildman–Crippen MR) is 94.1 cm³/mol. The van der Waals surface area contributed by atoms with Gasteiger partial charge in [0.2, 0.25) is 5.91 Å². The fraction of sp³-hybridized carbons (Fsp3) is 0.562. The first kappa shape index (κ1) is 16.1. The molecular weight excluding hydrogens is 310 g/mol. The molecular formula is C16H23N5OS. The largest absolute Gasteiger partial charge is 0.355 e. The summed E-state index contributed by atoms with van der Waals surface area (Å²) in [4.78, 5) is 27.5. The molecule has 3 heterocycles. The quantitative estimate of drug-likeness (QED) is 0.922. The van der Waals surface area contributed by atoms with E-state index in [0.29, 0.717) is 13.1 Å². The number of carbonyl (C=O) groups is 1. The second-order valence-corrected chi connectivity index (χ2v) is 7.08. The minimum Gasteiger partial charge on any atom is -0.355 e. The second-order valence-electron chi connectivity index (χ2n) is 5.84. The molecule has 0 aliphatic carbocycles. The molecule has 2 aromatic heterocycles. The van der Waals surface area contributed by atoms with Crippen molar-refractivity contribution in [2.24, 2.45) is 0 Å². The molecule has 1 amide bonds. The number of anilines is 1. The van der Waals surface area contributed by atoms with Crippen LogP contribution in [0.15, 0.2) is 12.4 Å². The molecule has 23 heavy (non-hydrogen) atoms. The number of amides is 1. The third-order valence-electron chi connectivity index (χ3n) is 4.06. The van der Waals surface area contributed by atoms with Crippen LogP contribution in [0.5, 0.6) is 0 Å². The number of thiophene rings is 1. The standard InChI is InChI=1S/C16H23N5OS/c1-3-17-14(22)10-20-5-4-6-21(8-7-20)15-13-9-12(2)23-16(13)19-11-18-15/h9,11H,3-8,10H2,1-2H3,(H,17,22). The number of fused-ring (bicyclic) bond motifs is 1. The molecule has 0 unspecified atom stereocenters. The van der Waals surface area contributed by atoms with Gasteiger partial charge in [-0.3, -0.25) is 9.69 Å². The summed E-state index contributed by atoms with van der Waals surface area (Å²) in [7, 11) is 0. The zero-order chi connectivity index (χ0) is 16.2. The SMILES string of the molecule is CCNC(=O)CN1CCCN(c2ncnc3sc(C)cc23)CC1. The minimum absolute atomic E-state index is 0.110. The molecule has 1 aliphatic heterocycles. The molecule has 2 aromatic rings. The maximum Gasteiger partial charge on any atom is 0.234 e. The van der Waals surface area contributed by atoms with Gasteiger partial charge in [-0.1, -0.05) is 0 Å². The van der Waals surface area contributed by atoms with Gasteiger partial charge in [-0.05, 0) is 26.3 Å². The van der Waals surface area contributed by atoms with E-state index in [-0.39, 0.29) is 5.91 Å². The lowest BCUT2D eigenvalue weighted by Crippen LogP contribution is -2.39. The number of hydrogen-bond acceptors (Lipinski definition) is 6. The molecule has 7 heteroatoms. The Morgan fingerprint density at radius 1 is 1.30 bits per heavy atom. The fourth-order valence-electron chi connectivity index (χ4n) is 3.01. The van der Waals surface area contributed by atoms with Gasteiger partial charge in [0.05, 0.1) is 11.9 Å². The number of likely N-dealkylation sites (N-methyl/N-ethyl adjacent to an activating group) is 1. The number of nitrogens with zero attached hydrogens (tertiary/aromatic N) is 4. The van der Waals surface area contributed by atoms with Gasteiger partial charge < -0.3 is 10.2 Å². The minimum atomic E-state index is 0.110. The smallest absolute Gasteiger partial charge is 0.234 e. The zero-order valence-electron chi connectivity index (χ0n) is 13.7. The second kappa shape index (κ2) is 7.23. The number of nitrogens with one attached hydrogen (secondary N) is 1. The number of aryl methyl sites for hydroxylation is 1. The van der Waals surface area contributed by atoms with Crippen molar-refractivity contribution in [1.82, 2.24) is 20.2 Å². The highest BCUT2D eigenvalue weighted by atomic mass is 32.1. The Morgan fingerprint density at radius 2 is 2.17 bits per heavy atom. The lowest BCUT2D eigenvalue weighted by Gasteiger charge is -2.22. The average Bonchev–Trinajstić information content (AvgIpc) is 2.75. The van der Waals surface area contributed by atoms with E-state index in [2.05, 4.69) is 38.1 Å². The molecule has 0 atom stereocenters. The molecule has 6 nitrogen and oxygen atoms in total. The summed E-state index contributed by atoms with van der Waals surface area (Å²) >= 11 is 1.71. The lowest BCUT2D eigenvalue weighted by molar-refractivity contribution is -0.122. The Morgan fingerprint density at radius 3 is 3.00 bits per heavy atom. The van der Waals surface area contributed by atoms with Crippen LogP contribution in [0.3, 0.4) is 0 Å². The van der Waals surface area contributed by atoms with Crippen LogP contribution in [0.4, 0.5) is 5.82 Å². The summed E-state index contributed by atoms with van der Waals surface area (Å²) in [5.41, 5.74) is 0. The van der Waals surface area contributed by atoms with Gasteiger partial charge in [0.25, 0.3) is 0 Å². The number of carbonyl (C=O) groups excluding carboxylic acids is 1. The van der Waals surface area contributed by atoms with E-state index in [1.165, 1.54) is 4.88 Å². The highest BCUT2D eigenvalue weighted by molar-refractivity contribution is 7.18. The van der Waals surface area contributed by atoms with Gasteiger partial charge in [0.1, 0.15) is 17.0 Å². The van der Waals surface area contributed by atoms with E-state index in [9.17, 15) is 4.79 Å². The first-order chi connectivity index (χ1) is 11.2. The van der Waals surface area contributed by atoms with E-state index >= 15 is 0 Å². The van der Waals surface area contributed by atoms with Crippen LogP contribution in [0.25, 0.3) is 10.2 Å². The molecule has 1 saturated heterocycles. The summed E-state index contributed by atoms with van der Waals surface area (Å²) in [6, 6.07) is 2.17. The van der Waals surface area contributed by atoms with Crippen LogP contribution >= 0.6 is 11.3 Å². The number of rotatable bonds is 4. The molecule has 0 spiro atoms. The Labute approximate surface area is 140 Å². The topological polar surface area (TPSA) is 61.4 Å². The van der Waals surface area contributed by atoms with Crippen molar-refractivity contribution in [3.63, 3.8) is 0 Å². The van der Waals surface area contributed by atoms with E-state index in [1.807, 2.05) is 6.92 Å². The number of hydrogen-bond donors (Lipinski definition) is 1. The van der Waals surface area contributed by atoms with Gasteiger partial charge in [-0.25, -0.2) is 9.97 Å². The van der Waals surface area contributed by atoms with Gasteiger partial charge in [-0.15, -0.1) is 11.3 Å². The fourth-order valence-corrected chi connectivity index (χ4v) is 3.85. The van der Waals surface area contributed by atoms with Crippen LogP contribution in [0.2, 0.25) is 0 Å². The molecule has 0 bridgehead atoms. The Kier molecular flexibility index (Phi) is 5.07. The monoisotopic (exact) mass is 333 g/mol. The first-order valence-corrected chi connectivity index (χ1v) is 8.94. The molecule has 0 aromatic carbocycles. The van der Waals surface area contributed by atoms with Gasteiger partial charge in [0.15, 0.2) is 0 Å². The Balaban J connectivity index is 1.71. The summed E-state index contributed by atoms with van der Waals surface area (Å²) in [5.74, 6) is 1.14. The van der Waals surface area contributed by atoms with Crippen LogP contribution in [-0.4, -0.2) is 60.0 Å². The van der Waals surface area contributed by atoms with Crippen LogP contribution < -0.4 is 10.2 Å². The normalized spacial score (nSPS) is 16.5. The molecule has 1 aliphatic rings. The van der Waals surface area contributed by atoms with E-state index < -0.39 is 0 Å². The molecule has 0 saturated carbocycles. The summed E-state index contributed by atoms with van der Waals surface area (Å²) in [6.07, 6.45) is 2.69. The van der Waals surface area contributed by atoms with Crippen LogP contribution in [0, 0.1) is 6.92 Å². The van der Waals surface area contributed by atoms with Crippen molar-refractivity contribution in [2.45, 2.75) is 20.3 Å². The van der Waals surface area contributed by atoms with Crippen molar-refractivity contribution >= 4 is 33.3 Å². The Bertz CT molecular complexity index is 686. The van der Waals surface area contributed by atoms with Crippen LogP contribution in [0.1, 0.15) is 18.2 Å². The van der Waals surface area contributed by atoms with Gasteiger partial charge in [-0.2, -0.15) is 0 Å². The number of aromatic nitrogens is 2. The van der Waals surface area contributed by atoms with E-state index in [0.717, 1.165) is 48.6 Å². The summed E-state index contributed by atoms with van der Waals surface area (Å²) in [6.45, 7) is 8.91. The van der Waals surface area contributed by atoms with Crippen molar-refractivity contribution in [3.05, 3.63) is 17.3 Å². The third kappa shape index (κ3) is 3.79. The maximum absolute atomic E-state index is 11.8. The molecule has 1 N–H and O–H groups in total. The van der Waals surface area contributed by atoms with Gasteiger partial charge in [0, 0.05) is 37.6 Å². The maximum atomic E-state index is 11.8. The third-order valence-corrected chi connectivity index (χ3v) is 5.02. The van der Waals surface area contributed by atoms with Crippen LogP contribution in [-0.2, 0) is 4.79 Å². The van der Waals surface area contributed by atoms with Crippen molar-refractivity contribution in [2.75, 3.05) is 44.2 Å². The highest BCUT2D eigenvalue weighted by Crippen LogP contribution is 2.30. The predicted octanol–water partition coefficient (Wildman–Crippen LogP) is 1.65. The Hall–Kier alpha value is -1.73. The molecule has 0 radical (unpaired) electrons. The zero-order valence-corrected chi connectivity index (χ0v) is 14.5. The van der Waals surface area contributed by atoms with Crippen molar-refractivity contribution < 1.29 is 4.79 Å². The molecule has 3 rings (SSSR count). The highest BCUT2D eigenvalue weighted by Gasteiger charge is 2.20. The van der Waals surface area contributed by atoms with Gasteiger partial charge >= 0.3 is 0 Å². The lowest BCUT2D eigenvalue weighted by atomic mass is 10.3.